The van der Waals surface area contributed by atoms with Crippen LogP contribution in [0, 0.1) is 0 Å². The Morgan fingerprint density at radius 3 is 1.18 bits per heavy atom. The molecule has 0 aliphatic rings. The van der Waals surface area contributed by atoms with Crippen molar-refractivity contribution in [3.63, 3.8) is 0 Å². The van der Waals surface area contributed by atoms with Crippen molar-refractivity contribution in [3.8, 4) is 17.2 Å². The Balaban J connectivity index is 0.000000214. The Labute approximate surface area is 293 Å². The third-order valence-electron chi connectivity index (χ3n) is 6.42. The van der Waals surface area contributed by atoms with Gasteiger partial charge in [0.15, 0.2) is 11.6 Å². The summed E-state index contributed by atoms with van der Waals surface area (Å²) in [5, 5.41) is 8.26. The summed E-state index contributed by atoms with van der Waals surface area (Å²) in [6.07, 6.45) is -1.58. The highest BCUT2D eigenvalue weighted by atomic mass is 35.5. The van der Waals surface area contributed by atoms with Crippen molar-refractivity contribution in [3.05, 3.63) is 161 Å². The summed E-state index contributed by atoms with van der Waals surface area (Å²) in [5.41, 5.74) is 3.27. The number of Topliss-reactive ketones (excluding diaryl/α,β-unsaturated/α-hetero) is 2. The summed E-state index contributed by atoms with van der Waals surface area (Å²) >= 11 is 5.31. The minimum absolute atomic E-state index is 0.0139. The lowest BCUT2D eigenvalue weighted by Gasteiger charge is -2.06. The van der Waals surface area contributed by atoms with Crippen molar-refractivity contribution in [2.24, 2.45) is 0 Å². The first-order valence-corrected chi connectivity index (χ1v) is 15.4. The lowest BCUT2D eigenvalue weighted by atomic mass is 10.1. The number of aromatic hydroxyl groups is 1. The van der Waals surface area contributed by atoms with Crippen LogP contribution >= 0.6 is 11.6 Å². The normalized spacial score (nSPS) is 9.74. The van der Waals surface area contributed by atoms with E-state index in [4.69, 9.17) is 35.7 Å². The molecule has 10 nitrogen and oxygen atoms in total. The third kappa shape index (κ3) is 14.2. The molecule has 0 radical (unpaired) electrons. The van der Waals surface area contributed by atoms with Crippen molar-refractivity contribution in [1.82, 2.24) is 0 Å². The zero-order valence-corrected chi connectivity index (χ0v) is 27.9. The molecule has 5 aromatic carbocycles. The predicted octanol–water partition coefficient (Wildman–Crippen LogP) is 8.98. The van der Waals surface area contributed by atoms with Crippen LogP contribution < -0.4 is 9.47 Å². The molecule has 0 atom stereocenters. The van der Waals surface area contributed by atoms with Crippen LogP contribution in [0.5, 0.6) is 17.2 Å². The number of rotatable bonds is 9. The molecule has 0 saturated carbocycles. The molecule has 0 aliphatic heterocycles. The van der Waals surface area contributed by atoms with Crippen LogP contribution in [0.2, 0.25) is 0 Å². The fourth-order valence-corrected chi connectivity index (χ4v) is 3.92. The van der Waals surface area contributed by atoms with Crippen LogP contribution in [0.4, 0.5) is 9.59 Å². The molecule has 0 aromatic heterocycles. The van der Waals surface area contributed by atoms with Crippen LogP contribution in [0.25, 0.3) is 0 Å². The number of ether oxygens (including phenoxy) is 4. The first-order chi connectivity index (χ1) is 24.0. The first-order valence-electron chi connectivity index (χ1n) is 15.0. The number of hydrogen-bond acceptors (Lipinski definition) is 10. The van der Waals surface area contributed by atoms with Gasteiger partial charge in [-0.05, 0) is 109 Å². The predicted molar refractivity (Wildman–Crippen MR) is 186 cm³/mol. The van der Waals surface area contributed by atoms with Crippen LogP contribution in [-0.2, 0) is 22.7 Å². The van der Waals surface area contributed by atoms with Crippen LogP contribution in [0.1, 0.15) is 56.0 Å². The number of carbonyl (C=O) groups excluding carboxylic acids is 5. The molecule has 0 heterocycles. The molecule has 0 saturated heterocycles. The molecule has 256 valence electrons. The van der Waals surface area contributed by atoms with E-state index in [2.05, 4.69) is 0 Å². The molecule has 50 heavy (non-hydrogen) atoms. The van der Waals surface area contributed by atoms with E-state index in [1.807, 2.05) is 60.7 Å². The highest BCUT2D eigenvalue weighted by molar-refractivity contribution is 6.67. The van der Waals surface area contributed by atoms with E-state index >= 15 is 0 Å². The average molecular weight is 697 g/mol. The van der Waals surface area contributed by atoms with Gasteiger partial charge in [-0.3, -0.25) is 14.4 Å². The van der Waals surface area contributed by atoms with Gasteiger partial charge in [-0.2, -0.15) is 0 Å². The minimum atomic E-state index is -0.807. The highest BCUT2D eigenvalue weighted by Crippen LogP contribution is 2.16. The topological polar surface area (TPSA) is 142 Å². The maximum atomic E-state index is 11.5. The zero-order valence-electron chi connectivity index (χ0n) is 27.1. The van der Waals surface area contributed by atoms with Crippen molar-refractivity contribution >= 4 is 40.7 Å². The molecule has 0 unspecified atom stereocenters. The molecule has 0 aliphatic carbocycles. The van der Waals surface area contributed by atoms with Gasteiger partial charge in [-0.15, -0.1) is 0 Å². The molecular formula is C39H33ClO10. The molecule has 1 N–H and O–H groups in total. The second-order valence-corrected chi connectivity index (χ2v) is 10.6. The number of phenolic OH excluding ortho intramolecular Hbond substituents is 1. The summed E-state index contributed by atoms with van der Waals surface area (Å²) in [6.45, 7) is 3.26. The van der Waals surface area contributed by atoms with Gasteiger partial charge in [0.05, 0.1) is 0 Å². The number of carbonyl (C=O) groups is 5. The third-order valence-corrected chi connectivity index (χ3v) is 6.64. The van der Waals surface area contributed by atoms with Crippen molar-refractivity contribution < 1.29 is 48.0 Å². The smallest absolute Gasteiger partial charge is 0.508 e. The Hall–Kier alpha value is -6.26. The van der Waals surface area contributed by atoms with Gasteiger partial charge in [-0.25, -0.2) is 9.59 Å². The Morgan fingerprint density at radius 2 is 0.840 bits per heavy atom. The van der Waals surface area contributed by atoms with Gasteiger partial charge in [-0.1, -0.05) is 60.7 Å². The zero-order chi connectivity index (χ0) is 36.3. The van der Waals surface area contributed by atoms with Gasteiger partial charge in [0.1, 0.15) is 30.5 Å². The van der Waals surface area contributed by atoms with E-state index in [1.165, 1.54) is 50.2 Å². The second kappa shape index (κ2) is 20.2. The summed E-state index contributed by atoms with van der Waals surface area (Å²) in [6, 6.07) is 37.0. The van der Waals surface area contributed by atoms with Gasteiger partial charge in [0.25, 0.3) is 5.24 Å². The maximum Gasteiger partial charge on any atom is 0.514 e. The summed E-state index contributed by atoms with van der Waals surface area (Å²) in [4.78, 5) is 55.6. The molecule has 0 fully saturated rings. The Morgan fingerprint density at radius 1 is 0.500 bits per heavy atom. The molecule has 0 spiro atoms. The fraction of sp³-hybridized carbons (Fsp3) is 0.103. The molecule has 5 rings (SSSR count). The van der Waals surface area contributed by atoms with Crippen molar-refractivity contribution in [1.29, 1.82) is 0 Å². The summed E-state index contributed by atoms with van der Waals surface area (Å²) < 4.78 is 19.9. The Kier molecular flexibility index (Phi) is 15.4. The maximum absolute atomic E-state index is 11.5. The molecule has 0 bridgehead atoms. The Bertz CT molecular complexity index is 1730. The van der Waals surface area contributed by atoms with Gasteiger partial charge in [0, 0.05) is 16.7 Å². The van der Waals surface area contributed by atoms with Crippen molar-refractivity contribution in [2.45, 2.75) is 27.1 Å². The van der Waals surface area contributed by atoms with E-state index in [1.54, 1.807) is 36.4 Å². The van der Waals surface area contributed by atoms with Crippen LogP contribution in [0.3, 0.4) is 0 Å². The largest absolute Gasteiger partial charge is 0.514 e. The number of hydrogen-bond donors (Lipinski definition) is 1. The second-order valence-electron chi connectivity index (χ2n) is 10.2. The molecule has 11 heteroatoms. The SMILES string of the molecule is CC(=O)c1ccc(O)cc1.CC(=O)c1ccc(OC(=O)OCc2ccccc2)cc1.O=C(OCc1ccccc1)Oc1ccc(C(=O)Cl)cc1. The van der Waals surface area contributed by atoms with E-state index in [0.717, 1.165) is 11.1 Å². The number of phenols is 1. The molecular weight excluding hydrogens is 664 g/mol. The quantitative estimate of drug-likeness (QED) is 0.0686. The van der Waals surface area contributed by atoms with Gasteiger partial charge < -0.3 is 24.1 Å². The molecule has 5 aromatic rings. The standard InChI is InChI=1S/C16H14O4.C15H11ClO4.C8H8O2/c1-12(17)14-7-9-15(10-8-14)20-16(18)19-11-13-5-3-2-4-6-13;16-14(17)12-6-8-13(9-7-12)20-15(18)19-10-11-4-2-1-3-5-11;1-6(9)7-2-4-8(10)5-3-7/h2-10H,11H2,1H3;1-9H,10H2;2-5,10H,1H3. The summed E-state index contributed by atoms with van der Waals surface area (Å²) in [5.74, 6) is 0.783. The van der Waals surface area contributed by atoms with Crippen LogP contribution in [0.15, 0.2) is 133 Å². The van der Waals surface area contributed by atoms with E-state index in [0.29, 0.717) is 22.4 Å². The van der Waals surface area contributed by atoms with E-state index in [-0.39, 0.29) is 36.3 Å². The lowest BCUT2D eigenvalue weighted by Crippen LogP contribution is -2.10. The number of benzene rings is 5. The fourth-order valence-electron chi connectivity index (χ4n) is 3.79. The highest BCUT2D eigenvalue weighted by Gasteiger charge is 2.09. The monoisotopic (exact) mass is 696 g/mol. The van der Waals surface area contributed by atoms with Crippen LogP contribution in [-0.4, -0.2) is 34.2 Å². The van der Waals surface area contributed by atoms with Gasteiger partial charge >= 0.3 is 12.3 Å². The van der Waals surface area contributed by atoms with Gasteiger partial charge in [0.2, 0.25) is 0 Å². The van der Waals surface area contributed by atoms with Crippen molar-refractivity contribution in [2.75, 3.05) is 0 Å². The minimum Gasteiger partial charge on any atom is -0.508 e. The summed E-state index contributed by atoms with van der Waals surface area (Å²) in [7, 11) is 0. The lowest BCUT2D eigenvalue weighted by molar-refractivity contribution is 0.0917. The first kappa shape index (κ1) is 38.2. The molecule has 0 amide bonds. The van der Waals surface area contributed by atoms with E-state index in [9.17, 15) is 24.0 Å². The average Bonchev–Trinajstić information content (AvgIpc) is 3.12. The van der Waals surface area contributed by atoms with E-state index < -0.39 is 17.6 Å². The number of ketones is 2. The number of halogens is 1.